The topological polar surface area (TPSA) is 54.0 Å². The fourth-order valence-electron chi connectivity index (χ4n) is 4.20. The predicted molar refractivity (Wildman–Crippen MR) is 137 cm³/mol. The summed E-state index contributed by atoms with van der Waals surface area (Å²) in [6, 6.07) is 24.4. The number of unbranched alkanes of at least 4 members (excludes halogenated alkanes) is 1. The molecule has 3 aromatic rings. The first-order valence-corrected chi connectivity index (χ1v) is 12.1. The Morgan fingerprint density at radius 2 is 1.74 bits per heavy atom. The number of fused-ring (bicyclic) bond motifs is 2. The summed E-state index contributed by atoms with van der Waals surface area (Å²) in [5.74, 6) is 1.39. The van der Waals surface area contributed by atoms with Crippen molar-refractivity contribution in [1.29, 1.82) is 0 Å². The molecular weight excluding hydrogens is 440 g/mol. The predicted octanol–water partition coefficient (Wildman–Crippen LogP) is 5.99. The minimum absolute atomic E-state index is 0.338. The maximum Gasteiger partial charge on any atom is 0.335 e. The first kappa shape index (κ1) is 24.6. The van der Waals surface area contributed by atoms with E-state index < -0.39 is 6.10 Å². The molecule has 182 valence electrons. The average Bonchev–Trinajstić information content (AvgIpc) is 3.05. The van der Waals surface area contributed by atoms with Crippen LogP contribution in [0.3, 0.4) is 0 Å². The molecule has 1 atom stereocenters. The zero-order valence-electron chi connectivity index (χ0n) is 20.4. The summed E-state index contributed by atoms with van der Waals surface area (Å²) in [4.78, 5) is 11.9. The molecule has 1 heterocycles. The van der Waals surface area contributed by atoms with Crippen LogP contribution in [0, 0.1) is 0 Å². The van der Waals surface area contributed by atoms with Crippen LogP contribution in [0.4, 0.5) is 0 Å². The van der Waals surface area contributed by atoms with Gasteiger partial charge in [0, 0.05) is 19.1 Å². The molecule has 0 spiro atoms. The van der Waals surface area contributed by atoms with Gasteiger partial charge in [0.05, 0.1) is 13.2 Å². The third-order valence-electron chi connectivity index (χ3n) is 6.01. The van der Waals surface area contributed by atoms with Crippen LogP contribution >= 0.6 is 0 Å². The zero-order valence-corrected chi connectivity index (χ0v) is 20.4. The highest BCUT2D eigenvalue weighted by molar-refractivity contribution is 5.84. The maximum atomic E-state index is 11.9. The van der Waals surface area contributed by atoms with Crippen LogP contribution in [0.15, 0.2) is 78.9 Å². The molecule has 3 aromatic carbocycles. The number of rotatable bonds is 10. The van der Waals surface area contributed by atoms with E-state index in [0.29, 0.717) is 26.2 Å². The summed E-state index contributed by atoms with van der Waals surface area (Å²) >= 11 is 0. The van der Waals surface area contributed by atoms with Crippen molar-refractivity contribution in [3.63, 3.8) is 0 Å². The van der Waals surface area contributed by atoms with Crippen LogP contribution in [0.2, 0.25) is 0 Å². The van der Waals surface area contributed by atoms with Crippen molar-refractivity contribution in [2.24, 2.45) is 0 Å². The average molecular weight is 473 g/mol. The SMILES string of the molecule is CCOC(=O)C(Cc1ccc(OCCCC=C2c3ccccc3COc3ccccc32)cc1)OC. The highest BCUT2D eigenvalue weighted by Crippen LogP contribution is 2.36. The lowest BCUT2D eigenvalue weighted by Gasteiger charge is -2.14. The standard InChI is InChI=1S/C30H32O5/c1-3-33-30(31)29(32-2)20-22-15-17-24(18-16-22)34-19-9-8-12-26-25-11-5-4-10-23(25)21-35-28-14-7-6-13-27(26)28/h4-7,10-18,29H,3,8-9,19-21H2,1-2H3. The quantitative estimate of drug-likeness (QED) is 0.268. The van der Waals surface area contributed by atoms with E-state index in [0.717, 1.165) is 35.5 Å². The minimum Gasteiger partial charge on any atom is -0.494 e. The van der Waals surface area contributed by atoms with E-state index in [1.165, 1.54) is 23.8 Å². The molecule has 0 aromatic heterocycles. The van der Waals surface area contributed by atoms with Gasteiger partial charge >= 0.3 is 5.97 Å². The second kappa shape index (κ2) is 12.2. The Kier molecular flexibility index (Phi) is 8.58. The van der Waals surface area contributed by atoms with E-state index in [1.54, 1.807) is 6.92 Å². The molecule has 1 aliphatic heterocycles. The van der Waals surface area contributed by atoms with E-state index in [1.807, 2.05) is 36.4 Å². The molecule has 35 heavy (non-hydrogen) atoms. The maximum absolute atomic E-state index is 11.9. The molecule has 4 rings (SSSR count). The van der Waals surface area contributed by atoms with Gasteiger partial charge in [0.25, 0.3) is 0 Å². The lowest BCUT2D eigenvalue weighted by atomic mass is 9.93. The molecule has 5 heteroatoms. The Labute approximate surface area is 207 Å². The fraction of sp³-hybridized carbons (Fsp3) is 0.300. The van der Waals surface area contributed by atoms with E-state index >= 15 is 0 Å². The van der Waals surface area contributed by atoms with E-state index in [4.69, 9.17) is 18.9 Å². The fourth-order valence-corrected chi connectivity index (χ4v) is 4.20. The van der Waals surface area contributed by atoms with Crippen molar-refractivity contribution in [3.05, 3.63) is 101 Å². The van der Waals surface area contributed by atoms with Crippen molar-refractivity contribution in [2.75, 3.05) is 20.3 Å². The summed E-state index contributed by atoms with van der Waals surface area (Å²) < 4.78 is 22.3. The first-order chi connectivity index (χ1) is 17.2. The Balaban J connectivity index is 1.33. The van der Waals surface area contributed by atoms with Gasteiger partial charge in [-0.2, -0.15) is 0 Å². The van der Waals surface area contributed by atoms with E-state index in [-0.39, 0.29) is 5.97 Å². The second-order valence-electron chi connectivity index (χ2n) is 8.37. The summed E-state index contributed by atoms with van der Waals surface area (Å²) in [5, 5.41) is 0. The van der Waals surface area contributed by atoms with Crippen molar-refractivity contribution >= 4 is 11.5 Å². The zero-order chi connectivity index (χ0) is 24.5. The summed E-state index contributed by atoms with van der Waals surface area (Å²) in [6.07, 6.45) is 3.95. The molecule has 0 fully saturated rings. The van der Waals surface area contributed by atoms with Crippen molar-refractivity contribution in [1.82, 2.24) is 0 Å². The normalized spacial score (nSPS) is 14.3. The Morgan fingerprint density at radius 3 is 2.51 bits per heavy atom. The molecule has 1 aliphatic rings. The minimum atomic E-state index is -0.598. The van der Waals surface area contributed by atoms with Crippen LogP contribution in [0.5, 0.6) is 11.5 Å². The highest BCUT2D eigenvalue weighted by atomic mass is 16.6. The van der Waals surface area contributed by atoms with Crippen LogP contribution in [0.1, 0.15) is 42.0 Å². The second-order valence-corrected chi connectivity index (χ2v) is 8.37. The van der Waals surface area contributed by atoms with Crippen molar-refractivity contribution in [2.45, 2.75) is 38.9 Å². The molecule has 0 bridgehead atoms. The lowest BCUT2D eigenvalue weighted by molar-refractivity contribution is -0.154. The lowest BCUT2D eigenvalue weighted by Crippen LogP contribution is -2.27. The van der Waals surface area contributed by atoms with Crippen molar-refractivity contribution < 1.29 is 23.7 Å². The van der Waals surface area contributed by atoms with Gasteiger partial charge in [-0.05, 0) is 60.2 Å². The smallest absolute Gasteiger partial charge is 0.335 e. The largest absolute Gasteiger partial charge is 0.494 e. The molecule has 0 aliphatic carbocycles. The number of ether oxygens (including phenoxy) is 4. The van der Waals surface area contributed by atoms with Crippen molar-refractivity contribution in [3.8, 4) is 11.5 Å². The Hall–Kier alpha value is -3.57. The summed E-state index contributed by atoms with van der Waals surface area (Å²) in [6.45, 7) is 3.33. The van der Waals surface area contributed by atoms with Gasteiger partial charge in [-0.15, -0.1) is 0 Å². The number of carbonyl (C=O) groups is 1. The van der Waals surface area contributed by atoms with Gasteiger partial charge in [-0.1, -0.05) is 60.7 Å². The number of methoxy groups -OCH3 is 1. The van der Waals surface area contributed by atoms with E-state index in [2.05, 4.69) is 42.5 Å². The van der Waals surface area contributed by atoms with Crippen LogP contribution < -0.4 is 9.47 Å². The molecule has 5 nitrogen and oxygen atoms in total. The summed E-state index contributed by atoms with van der Waals surface area (Å²) in [5.41, 5.74) is 5.77. The third-order valence-corrected chi connectivity index (χ3v) is 6.01. The number of hydrogen-bond donors (Lipinski definition) is 0. The van der Waals surface area contributed by atoms with Gasteiger partial charge in [-0.25, -0.2) is 4.79 Å². The van der Waals surface area contributed by atoms with Gasteiger partial charge in [-0.3, -0.25) is 0 Å². The number of benzene rings is 3. The first-order valence-electron chi connectivity index (χ1n) is 12.1. The monoisotopic (exact) mass is 472 g/mol. The van der Waals surface area contributed by atoms with E-state index in [9.17, 15) is 4.79 Å². The molecule has 0 saturated heterocycles. The van der Waals surface area contributed by atoms with Gasteiger partial charge < -0.3 is 18.9 Å². The highest BCUT2D eigenvalue weighted by Gasteiger charge is 2.20. The van der Waals surface area contributed by atoms with Gasteiger partial charge in [0.15, 0.2) is 6.10 Å². The molecule has 0 amide bonds. The molecule has 0 saturated carbocycles. The van der Waals surface area contributed by atoms with Gasteiger partial charge in [0.1, 0.15) is 18.1 Å². The summed E-state index contributed by atoms with van der Waals surface area (Å²) in [7, 11) is 1.52. The van der Waals surface area contributed by atoms with Crippen LogP contribution in [0.25, 0.3) is 5.57 Å². The number of allylic oxidation sites excluding steroid dienone is 1. The Morgan fingerprint density at radius 1 is 1.00 bits per heavy atom. The van der Waals surface area contributed by atoms with Crippen LogP contribution in [-0.2, 0) is 27.3 Å². The molecule has 0 N–H and O–H groups in total. The molecular formula is C30H32O5. The number of carbonyl (C=O) groups excluding carboxylic acids is 1. The van der Waals surface area contributed by atoms with Crippen LogP contribution in [-0.4, -0.2) is 32.4 Å². The Bertz CT molecular complexity index is 1100. The number of para-hydroxylation sites is 1. The number of hydrogen-bond acceptors (Lipinski definition) is 5. The molecule has 0 radical (unpaired) electrons. The molecule has 1 unspecified atom stereocenters. The number of esters is 1. The van der Waals surface area contributed by atoms with Gasteiger partial charge in [0.2, 0.25) is 0 Å². The third kappa shape index (κ3) is 6.31.